The van der Waals surface area contributed by atoms with Crippen LogP contribution < -0.4 is 0 Å². The molecule has 1 saturated carbocycles. The molecule has 5 heteroatoms. The highest BCUT2D eigenvalue weighted by Gasteiger charge is 2.58. The third kappa shape index (κ3) is 2.29. The Kier molecular flexibility index (Phi) is 3.66. The van der Waals surface area contributed by atoms with E-state index in [9.17, 15) is 0 Å². The Labute approximate surface area is 123 Å². The van der Waals surface area contributed by atoms with Gasteiger partial charge in [-0.15, -0.1) is 11.6 Å². The maximum atomic E-state index is 5.69. The van der Waals surface area contributed by atoms with Crippen LogP contribution in [0.25, 0.3) is 0 Å². The molecule has 2 aliphatic rings. The molecule has 106 valence electrons. The van der Waals surface area contributed by atoms with Crippen LogP contribution in [0.2, 0.25) is 0 Å². The summed E-state index contributed by atoms with van der Waals surface area (Å²) in [6.45, 7) is 7.89. The number of allylic oxidation sites excluding steroid dienone is 4. The third-order valence-electron chi connectivity index (χ3n) is 4.15. The smallest absolute Gasteiger partial charge is 0.241 e. The topological polar surface area (TPSA) is 42.2 Å². The lowest BCUT2D eigenvalue weighted by Crippen LogP contribution is -2.22. The summed E-state index contributed by atoms with van der Waals surface area (Å²) in [5, 5.41) is 4.04. The minimum Gasteiger partial charge on any atom is -0.371 e. The fraction of sp³-hybridized carbons (Fsp3) is 0.467. The van der Waals surface area contributed by atoms with Gasteiger partial charge in [-0.2, -0.15) is 4.98 Å². The van der Waals surface area contributed by atoms with E-state index in [-0.39, 0.29) is 5.88 Å². The zero-order valence-corrected chi connectivity index (χ0v) is 12.3. The summed E-state index contributed by atoms with van der Waals surface area (Å²) in [5.74, 6) is 3.38. The van der Waals surface area contributed by atoms with Gasteiger partial charge in [0.15, 0.2) is 5.82 Å². The van der Waals surface area contributed by atoms with E-state index in [4.69, 9.17) is 16.1 Å². The van der Waals surface area contributed by atoms with Crippen molar-refractivity contribution < 1.29 is 4.52 Å². The largest absolute Gasteiger partial charge is 0.371 e. The van der Waals surface area contributed by atoms with Crippen LogP contribution in [0, 0.1) is 11.8 Å². The molecule has 1 aromatic heterocycles. The number of likely N-dealkylation sites (tertiary alicyclic amines) is 1. The Morgan fingerprint density at radius 1 is 1.50 bits per heavy atom. The van der Waals surface area contributed by atoms with E-state index < -0.39 is 0 Å². The van der Waals surface area contributed by atoms with Crippen molar-refractivity contribution in [3.63, 3.8) is 0 Å². The predicted molar refractivity (Wildman–Crippen MR) is 78.2 cm³/mol. The Morgan fingerprint density at radius 3 is 2.80 bits per heavy atom. The second-order valence-corrected chi connectivity index (χ2v) is 5.51. The van der Waals surface area contributed by atoms with Crippen molar-refractivity contribution in [3.05, 3.63) is 48.3 Å². The highest BCUT2D eigenvalue weighted by Crippen LogP contribution is 2.57. The van der Waals surface area contributed by atoms with Crippen molar-refractivity contribution in [2.24, 2.45) is 11.8 Å². The predicted octanol–water partition coefficient (Wildman–Crippen LogP) is 3.10. The Balaban J connectivity index is 1.62. The summed E-state index contributed by atoms with van der Waals surface area (Å²) < 4.78 is 5.09. The van der Waals surface area contributed by atoms with Crippen molar-refractivity contribution in [2.45, 2.75) is 18.7 Å². The molecule has 1 aromatic rings. The third-order valence-corrected chi connectivity index (χ3v) is 4.38. The molecule has 0 spiro atoms. The van der Waals surface area contributed by atoms with Crippen LogP contribution in [0.15, 0.2) is 41.1 Å². The monoisotopic (exact) mass is 291 g/mol. The molecular weight excluding hydrogens is 274 g/mol. The standard InChI is InChI=1S/C15H18ClN3O/c1-3-5-6-10(4-2)19-8-11-12(9-19)14(11)15-17-13(7-16)20-18-15/h3-6,11-12,14H,1,7-9H2,2H3/b6-5-,10-4+. The van der Waals surface area contributed by atoms with Crippen LogP contribution in [0.3, 0.4) is 0 Å². The zero-order valence-electron chi connectivity index (χ0n) is 11.5. The van der Waals surface area contributed by atoms with Gasteiger partial charge in [-0.25, -0.2) is 0 Å². The Morgan fingerprint density at radius 2 is 2.25 bits per heavy atom. The normalized spacial score (nSPS) is 29.0. The summed E-state index contributed by atoms with van der Waals surface area (Å²) >= 11 is 5.69. The van der Waals surface area contributed by atoms with Crippen LogP contribution in [0.5, 0.6) is 0 Å². The summed E-state index contributed by atoms with van der Waals surface area (Å²) in [5.41, 5.74) is 1.26. The molecule has 2 fully saturated rings. The van der Waals surface area contributed by atoms with Gasteiger partial charge < -0.3 is 9.42 Å². The summed E-state index contributed by atoms with van der Waals surface area (Å²) in [6.07, 6.45) is 8.02. The second-order valence-electron chi connectivity index (χ2n) is 5.25. The molecule has 4 nitrogen and oxygen atoms in total. The average molecular weight is 292 g/mol. The van der Waals surface area contributed by atoms with E-state index in [1.165, 1.54) is 5.70 Å². The molecule has 3 rings (SSSR count). The average Bonchev–Trinajstić information content (AvgIpc) is 2.89. The van der Waals surface area contributed by atoms with Gasteiger partial charge >= 0.3 is 0 Å². The quantitative estimate of drug-likeness (QED) is 0.617. The molecule has 0 N–H and O–H groups in total. The number of alkyl halides is 1. The van der Waals surface area contributed by atoms with Gasteiger partial charge in [-0.05, 0) is 24.8 Å². The Bertz CT molecular complexity index is 551. The number of halogens is 1. The van der Waals surface area contributed by atoms with E-state index in [0.717, 1.165) is 18.9 Å². The van der Waals surface area contributed by atoms with Gasteiger partial charge in [0, 0.05) is 24.7 Å². The fourth-order valence-corrected chi connectivity index (χ4v) is 3.24. The highest BCUT2D eigenvalue weighted by molar-refractivity contribution is 6.16. The fourth-order valence-electron chi connectivity index (χ4n) is 3.13. The van der Waals surface area contributed by atoms with E-state index in [0.29, 0.717) is 23.6 Å². The minimum atomic E-state index is 0.288. The van der Waals surface area contributed by atoms with Crippen molar-refractivity contribution in [1.82, 2.24) is 15.0 Å². The first kappa shape index (κ1) is 13.4. The summed E-state index contributed by atoms with van der Waals surface area (Å²) in [7, 11) is 0. The summed E-state index contributed by atoms with van der Waals surface area (Å²) in [4.78, 5) is 6.75. The molecule has 2 atom stereocenters. The molecule has 0 bridgehead atoms. The molecule has 0 radical (unpaired) electrons. The molecule has 2 unspecified atom stereocenters. The number of aromatic nitrogens is 2. The molecule has 1 aliphatic heterocycles. The lowest BCUT2D eigenvalue weighted by Gasteiger charge is -2.22. The van der Waals surface area contributed by atoms with Gasteiger partial charge in [0.05, 0.1) is 0 Å². The van der Waals surface area contributed by atoms with Crippen LogP contribution in [-0.2, 0) is 5.88 Å². The summed E-state index contributed by atoms with van der Waals surface area (Å²) in [6, 6.07) is 0. The van der Waals surface area contributed by atoms with Crippen molar-refractivity contribution in [1.29, 1.82) is 0 Å². The zero-order chi connectivity index (χ0) is 14.1. The van der Waals surface area contributed by atoms with Gasteiger partial charge in [-0.3, -0.25) is 0 Å². The van der Waals surface area contributed by atoms with E-state index in [2.05, 4.69) is 40.7 Å². The van der Waals surface area contributed by atoms with E-state index in [1.807, 2.05) is 6.08 Å². The van der Waals surface area contributed by atoms with Gasteiger partial charge in [0.25, 0.3) is 0 Å². The SMILES string of the molecule is C=C/C=C\C(=C/C)N1CC2C(C1)C2c1noc(CCl)n1. The van der Waals surface area contributed by atoms with Crippen molar-refractivity contribution in [3.8, 4) is 0 Å². The number of fused-ring (bicyclic) bond motifs is 1. The number of hydrogen-bond acceptors (Lipinski definition) is 4. The van der Waals surface area contributed by atoms with E-state index >= 15 is 0 Å². The lowest BCUT2D eigenvalue weighted by atomic mass is 10.2. The van der Waals surface area contributed by atoms with Gasteiger partial charge in [-0.1, -0.05) is 30.0 Å². The molecule has 1 saturated heterocycles. The molecule has 0 amide bonds. The number of nitrogens with zero attached hydrogens (tertiary/aromatic N) is 3. The van der Waals surface area contributed by atoms with Gasteiger partial charge in [0.2, 0.25) is 5.89 Å². The van der Waals surface area contributed by atoms with Crippen molar-refractivity contribution in [2.75, 3.05) is 13.1 Å². The first-order chi connectivity index (χ1) is 9.78. The minimum absolute atomic E-state index is 0.288. The van der Waals surface area contributed by atoms with Crippen LogP contribution in [0.1, 0.15) is 24.6 Å². The molecule has 20 heavy (non-hydrogen) atoms. The molecular formula is C15H18ClN3O. The highest BCUT2D eigenvalue weighted by atomic mass is 35.5. The maximum absolute atomic E-state index is 5.69. The Hall–Kier alpha value is -1.55. The van der Waals surface area contributed by atoms with Crippen LogP contribution in [-0.4, -0.2) is 28.1 Å². The molecule has 0 aromatic carbocycles. The van der Waals surface area contributed by atoms with Crippen LogP contribution >= 0.6 is 11.6 Å². The van der Waals surface area contributed by atoms with Gasteiger partial charge in [0.1, 0.15) is 5.88 Å². The first-order valence-corrected chi connectivity index (χ1v) is 7.40. The number of rotatable bonds is 5. The first-order valence-electron chi connectivity index (χ1n) is 6.87. The molecule has 1 aliphatic carbocycles. The second kappa shape index (κ2) is 5.44. The van der Waals surface area contributed by atoms with Crippen molar-refractivity contribution >= 4 is 11.6 Å². The van der Waals surface area contributed by atoms with E-state index in [1.54, 1.807) is 6.08 Å². The number of hydrogen-bond donors (Lipinski definition) is 0. The molecule has 2 heterocycles. The van der Waals surface area contributed by atoms with Crippen LogP contribution in [0.4, 0.5) is 0 Å². The maximum Gasteiger partial charge on any atom is 0.241 e. The lowest BCUT2D eigenvalue weighted by molar-refractivity contribution is 0.364. The number of piperidine rings is 1.